The Hall–Kier alpha value is -1.18. The maximum Gasteiger partial charge on any atom is 0.0367 e. The van der Waals surface area contributed by atoms with Crippen LogP contribution in [-0.2, 0) is 0 Å². The minimum Gasteiger partial charge on any atom is -0.382 e. The van der Waals surface area contributed by atoms with Gasteiger partial charge in [-0.25, -0.2) is 0 Å². The SMILES string of the molecule is CCC(CC)Nc1ccc(N2CCCCC2)cc1. The van der Waals surface area contributed by atoms with Crippen LogP contribution in [0.3, 0.4) is 0 Å². The van der Waals surface area contributed by atoms with E-state index in [0.29, 0.717) is 6.04 Å². The second-order valence-corrected chi connectivity index (χ2v) is 5.25. The van der Waals surface area contributed by atoms with Crippen molar-refractivity contribution in [2.75, 3.05) is 23.3 Å². The molecule has 0 unspecified atom stereocenters. The molecule has 1 heterocycles. The van der Waals surface area contributed by atoms with Crippen molar-refractivity contribution in [1.29, 1.82) is 0 Å². The van der Waals surface area contributed by atoms with Crippen molar-refractivity contribution >= 4 is 11.4 Å². The van der Waals surface area contributed by atoms with Crippen LogP contribution in [0.4, 0.5) is 11.4 Å². The molecule has 1 aromatic rings. The number of hydrogen-bond acceptors (Lipinski definition) is 2. The maximum atomic E-state index is 3.59. The van der Waals surface area contributed by atoms with Crippen LogP contribution in [-0.4, -0.2) is 19.1 Å². The molecule has 0 aromatic heterocycles. The largest absolute Gasteiger partial charge is 0.382 e. The van der Waals surface area contributed by atoms with Crippen molar-refractivity contribution < 1.29 is 0 Å². The molecule has 100 valence electrons. The average molecular weight is 246 g/mol. The van der Waals surface area contributed by atoms with Crippen LogP contribution in [0.2, 0.25) is 0 Å². The van der Waals surface area contributed by atoms with E-state index in [9.17, 15) is 0 Å². The van der Waals surface area contributed by atoms with Crippen LogP contribution in [0.5, 0.6) is 0 Å². The molecule has 1 aliphatic rings. The minimum atomic E-state index is 0.603. The predicted octanol–water partition coefficient (Wildman–Crippen LogP) is 4.28. The number of hydrogen-bond donors (Lipinski definition) is 1. The van der Waals surface area contributed by atoms with Gasteiger partial charge in [-0.05, 0) is 56.4 Å². The normalized spacial score (nSPS) is 16.1. The van der Waals surface area contributed by atoms with Gasteiger partial charge in [0.1, 0.15) is 0 Å². The quantitative estimate of drug-likeness (QED) is 0.834. The van der Waals surface area contributed by atoms with Crippen LogP contribution < -0.4 is 10.2 Å². The van der Waals surface area contributed by atoms with Crippen molar-refractivity contribution in [3.8, 4) is 0 Å². The van der Waals surface area contributed by atoms with Gasteiger partial charge in [-0.15, -0.1) is 0 Å². The summed E-state index contributed by atoms with van der Waals surface area (Å²) in [7, 11) is 0. The lowest BCUT2D eigenvalue weighted by Crippen LogP contribution is -2.29. The first-order chi connectivity index (χ1) is 8.83. The van der Waals surface area contributed by atoms with E-state index in [-0.39, 0.29) is 0 Å². The highest BCUT2D eigenvalue weighted by Gasteiger charge is 2.10. The maximum absolute atomic E-state index is 3.59. The van der Waals surface area contributed by atoms with Gasteiger partial charge in [0.15, 0.2) is 0 Å². The van der Waals surface area contributed by atoms with Gasteiger partial charge in [0, 0.05) is 30.5 Å². The topological polar surface area (TPSA) is 15.3 Å². The van der Waals surface area contributed by atoms with Gasteiger partial charge in [-0.2, -0.15) is 0 Å². The number of nitrogens with zero attached hydrogens (tertiary/aromatic N) is 1. The first kappa shape index (κ1) is 13.3. The lowest BCUT2D eigenvalue weighted by atomic mass is 10.1. The van der Waals surface area contributed by atoms with E-state index in [1.165, 1.54) is 56.6 Å². The highest BCUT2D eigenvalue weighted by atomic mass is 15.1. The van der Waals surface area contributed by atoms with Gasteiger partial charge in [0.05, 0.1) is 0 Å². The Labute approximate surface area is 111 Å². The Kier molecular flexibility index (Phi) is 4.91. The Morgan fingerprint density at radius 2 is 1.61 bits per heavy atom. The molecule has 0 bridgehead atoms. The minimum absolute atomic E-state index is 0.603. The second-order valence-electron chi connectivity index (χ2n) is 5.25. The van der Waals surface area contributed by atoms with Crippen LogP contribution >= 0.6 is 0 Å². The van der Waals surface area contributed by atoms with E-state index >= 15 is 0 Å². The predicted molar refractivity (Wildman–Crippen MR) is 80.5 cm³/mol. The standard InChI is InChI=1S/C16H26N2/c1-3-14(4-2)17-15-8-10-16(11-9-15)18-12-6-5-7-13-18/h8-11,14,17H,3-7,12-13H2,1-2H3. The van der Waals surface area contributed by atoms with Crippen molar-refractivity contribution in [2.45, 2.75) is 52.0 Å². The molecular formula is C16H26N2. The summed E-state index contributed by atoms with van der Waals surface area (Å²) in [6.07, 6.45) is 6.45. The Balaban J connectivity index is 1.96. The van der Waals surface area contributed by atoms with Crippen molar-refractivity contribution in [3.05, 3.63) is 24.3 Å². The molecule has 1 fully saturated rings. The van der Waals surface area contributed by atoms with E-state index < -0.39 is 0 Å². The summed E-state index contributed by atoms with van der Waals surface area (Å²) < 4.78 is 0. The monoisotopic (exact) mass is 246 g/mol. The van der Waals surface area contributed by atoms with Gasteiger partial charge in [0.2, 0.25) is 0 Å². The van der Waals surface area contributed by atoms with Gasteiger partial charge in [-0.3, -0.25) is 0 Å². The molecule has 2 nitrogen and oxygen atoms in total. The molecular weight excluding hydrogens is 220 g/mol. The molecule has 18 heavy (non-hydrogen) atoms. The first-order valence-electron chi connectivity index (χ1n) is 7.45. The molecule has 0 aliphatic carbocycles. The van der Waals surface area contributed by atoms with Gasteiger partial charge >= 0.3 is 0 Å². The summed E-state index contributed by atoms with van der Waals surface area (Å²) in [6.45, 7) is 6.92. The third kappa shape index (κ3) is 3.41. The first-order valence-corrected chi connectivity index (χ1v) is 7.45. The summed E-state index contributed by atoms with van der Waals surface area (Å²) in [6, 6.07) is 9.57. The Morgan fingerprint density at radius 1 is 1.00 bits per heavy atom. The van der Waals surface area contributed by atoms with Gasteiger partial charge in [0.25, 0.3) is 0 Å². The molecule has 1 aromatic carbocycles. The summed E-state index contributed by atoms with van der Waals surface area (Å²) in [5.74, 6) is 0. The van der Waals surface area contributed by atoms with E-state index in [0.717, 1.165) is 0 Å². The Bertz CT molecular complexity index is 335. The van der Waals surface area contributed by atoms with E-state index in [2.05, 4.69) is 48.3 Å². The number of anilines is 2. The van der Waals surface area contributed by atoms with E-state index in [1.54, 1.807) is 0 Å². The van der Waals surface area contributed by atoms with Crippen LogP contribution in [0.25, 0.3) is 0 Å². The van der Waals surface area contributed by atoms with Crippen LogP contribution in [0, 0.1) is 0 Å². The fourth-order valence-electron chi connectivity index (χ4n) is 2.65. The molecule has 2 heteroatoms. The van der Waals surface area contributed by atoms with Crippen LogP contribution in [0.1, 0.15) is 46.0 Å². The molecule has 0 saturated carbocycles. The Morgan fingerprint density at radius 3 is 2.17 bits per heavy atom. The molecule has 1 aliphatic heterocycles. The fraction of sp³-hybridized carbons (Fsp3) is 0.625. The summed E-state index contributed by atoms with van der Waals surface area (Å²) in [4.78, 5) is 2.50. The van der Waals surface area contributed by atoms with Gasteiger partial charge < -0.3 is 10.2 Å². The molecule has 0 spiro atoms. The van der Waals surface area contributed by atoms with E-state index in [1.807, 2.05) is 0 Å². The molecule has 0 atom stereocenters. The highest BCUT2D eigenvalue weighted by Crippen LogP contribution is 2.22. The number of nitrogens with one attached hydrogen (secondary N) is 1. The molecule has 2 rings (SSSR count). The molecule has 1 saturated heterocycles. The zero-order valence-electron chi connectivity index (χ0n) is 11.8. The fourth-order valence-corrected chi connectivity index (χ4v) is 2.65. The number of benzene rings is 1. The summed E-state index contributed by atoms with van der Waals surface area (Å²) in [5, 5.41) is 3.59. The lowest BCUT2D eigenvalue weighted by molar-refractivity contribution is 0.578. The lowest BCUT2D eigenvalue weighted by Gasteiger charge is -2.29. The smallest absolute Gasteiger partial charge is 0.0367 e. The molecule has 1 N–H and O–H groups in total. The van der Waals surface area contributed by atoms with E-state index in [4.69, 9.17) is 0 Å². The molecule has 0 amide bonds. The summed E-state index contributed by atoms with van der Waals surface area (Å²) in [5.41, 5.74) is 2.63. The van der Waals surface area contributed by atoms with Crippen molar-refractivity contribution in [3.63, 3.8) is 0 Å². The second kappa shape index (κ2) is 6.67. The number of rotatable bonds is 5. The van der Waals surface area contributed by atoms with Crippen LogP contribution in [0.15, 0.2) is 24.3 Å². The van der Waals surface area contributed by atoms with Gasteiger partial charge in [-0.1, -0.05) is 13.8 Å². The third-order valence-corrected chi connectivity index (χ3v) is 3.94. The zero-order chi connectivity index (χ0) is 12.8. The third-order valence-electron chi connectivity index (χ3n) is 3.94. The average Bonchev–Trinajstić information content (AvgIpc) is 2.46. The van der Waals surface area contributed by atoms with Crippen molar-refractivity contribution in [1.82, 2.24) is 0 Å². The summed E-state index contributed by atoms with van der Waals surface area (Å²) >= 11 is 0. The molecule has 0 radical (unpaired) electrons. The zero-order valence-corrected chi connectivity index (χ0v) is 11.8. The van der Waals surface area contributed by atoms with Crippen molar-refractivity contribution in [2.24, 2.45) is 0 Å². The highest BCUT2D eigenvalue weighted by molar-refractivity contribution is 5.55. The number of piperidine rings is 1.